The number of rotatable bonds is 6. The van der Waals surface area contributed by atoms with Gasteiger partial charge < -0.3 is 9.64 Å². The summed E-state index contributed by atoms with van der Waals surface area (Å²) in [5, 5.41) is 10.3. The van der Waals surface area contributed by atoms with Crippen molar-refractivity contribution < 1.29 is 9.53 Å². The third-order valence-electron chi connectivity index (χ3n) is 7.12. The molecule has 2 aliphatic heterocycles. The second-order valence-corrected chi connectivity index (χ2v) is 10.8. The third kappa shape index (κ3) is 4.90. The zero-order valence-electron chi connectivity index (χ0n) is 21.8. The van der Waals surface area contributed by atoms with E-state index in [0.717, 1.165) is 47.1 Å². The first kappa shape index (κ1) is 25.9. The highest BCUT2D eigenvalue weighted by molar-refractivity contribution is 6.33. The molecular weight excluding hydrogens is 537 g/mol. The number of halogens is 2. The van der Waals surface area contributed by atoms with Crippen molar-refractivity contribution in [2.75, 3.05) is 36.1 Å². The van der Waals surface area contributed by atoms with Crippen molar-refractivity contribution in [3.8, 4) is 22.6 Å². The van der Waals surface area contributed by atoms with E-state index < -0.39 is 0 Å². The molecule has 1 saturated heterocycles. The van der Waals surface area contributed by atoms with Crippen LogP contribution in [0.4, 0.5) is 11.5 Å². The van der Waals surface area contributed by atoms with E-state index in [1.165, 1.54) is 0 Å². The maximum atomic E-state index is 13.1. The molecule has 0 unspecified atom stereocenters. The van der Waals surface area contributed by atoms with Gasteiger partial charge in [0.2, 0.25) is 5.91 Å². The van der Waals surface area contributed by atoms with E-state index in [1.54, 1.807) is 17.3 Å². The Kier molecular flexibility index (Phi) is 7.05. The fraction of sp³-hybridized carbons (Fsp3) is 0.357. The van der Waals surface area contributed by atoms with Gasteiger partial charge in [-0.2, -0.15) is 10.2 Å². The molecule has 0 N–H and O–H groups in total. The molecule has 3 aromatic heterocycles. The van der Waals surface area contributed by atoms with Crippen molar-refractivity contribution in [2.24, 2.45) is 0 Å². The van der Waals surface area contributed by atoms with Crippen LogP contribution >= 0.6 is 23.2 Å². The molecule has 1 amide bonds. The third-order valence-corrected chi connectivity index (χ3v) is 7.71. The average Bonchev–Trinajstić information content (AvgIpc) is 3.54. The molecule has 4 aromatic rings. The Morgan fingerprint density at radius 2 is 1.87 bits per heavy atom. The molecular formula is C28H29Cl2N7O2. The summed E-state index contributed by atoms with van der Waals surface area (Å²) in [6, 6.07) is 12.0. The van der Waals surface area contributed by atoms with Crippen molar-refractivity contribution in [1.29, 1.82) is 0 Å². The van der Waals surface area contributed by atoms with E-state index in [4.69, 9.17) is 33.0 Å². The summed E-state index contributed by atoms with van der Waals surface area (Å²) >= 11 is 13.3. The van der Waals surface area contributed by atoms with Gasteiger partial charge in [0.05, 0.1) is 53.9 Å². The number of morpholine rings is 1. The van der Waals surface area contributed by atoms with Crippen LogP contribution in [-0.4, -0.2) is 56.8 Å². The lowest BCUT2D eigenvalue weighted by Crippen LogP contribution is -2.37. The highest BCUT2D eigenvalue weighted by Crippen LogP contribution is 2.37. The Bertz CT molecular complexity index is 1520. The van der Waals surface area contributed by atoms with Crippen LogP contribution in [0.5, 0.6) is 0 Å². The standard InChI is InChI=1S/C28H29Cl2N7O2/c1-18(2)37-28(22(30)16-32-37)23-15-25-35(26(38)7-9-36(25)33-23)17-19-5-6-20(21(29)14-19)27-24(4-3-8-31-27)34-10-12-39-13-11-34/h3-6,8,14-16,18H,7,9-13,17H2,1-2H3. The van der Waals surface area contributed by atoms with E-state index in [9.17, 15) is 4.79 Å². The number of fused-ring (bicyclic) bond motifs is 1. The first-order valence-corrected chi connectivity index (χ1v) is 13.8. The number of anilines is 2. The van der Waals surface area contributed by atoms with Gasteiger partial charge in [0.1, 0.15) is 17.2 Å². The number of carbonyl (C=O) groups is 1. The van der Waals surface area contributed by atoms with Gasteiger partial charge in [-0.05, 0) is 37.6 Å². The van der Waals surface area contributed by atoms with Crippen molar-refractivity contribution in [3.05, 3.63) is 64.4 Å². The van der Waals surface area contributed by atoms with Crippen molar-refractivity contribution in [3.63, 3.8) is 0 Å². The molecule has 39 heavy (non-hydrogen) atoms. The molecule has 1 fully saturated rings. The van der Waals surface area contributed by atoms with Crippen LogP contribution in [0.2, 0.25) is 10.0 Å². The maximum absolute atomic E-state index is 13.1. The molecule has 0 aliphatic carbocycles. The fourth-order valence-corrected chi connectivity index (χ4v) is 5.73. The van der Waals surface area contributed by atoms with Crippen LogP contribution in [-0.2, 0) is 22.6 Å². The molecule has 0 bridgehead atoms. The number of pyridine rings is 1. The lowest BCUT2D eigenvalue weighted by Gasteiger charge is -2.30. The van der Waals surface area contributed by atoms with Crippen LogP contribution in [0.15, 0.2) is 48.8 Å². The molecule has 9 nitrogen and oxygen atoms in total. The quantitative estimate of drug-likeness (QED) is 0.308. The molecule has 0 atom stereocenters. The van der Waals surface area contributed by atoms with E-state index in [0.29, 0.717) is 48.5 Å². The van der Waals surface area contributed by atoms with Crippen LogP contribution in [0.3, 0.4) is 0 Å². The van der Waals surface area contributed by atoms with Crippen LogP contribution < -0.4 is 9.80 Å². The van der Waals surface area contributed by atoms with E-state index in [-0.39, 0.29) is 11.9 Å². The molecule has 0 saturated carbocycles. The van der Waals surface area contributed by atoms with Gasteiger partial charge in [0.25, 0.3) is 0 Å². The molecule has 11 heteroatoms. The number of hydrogen-bond donors (Lipinski definition) is 0. The Labute approximate surface area is 236 Å². The summed E-state index contributed by atoms with van der Waals surface area (Å²) in [6.45, 7) is 7.97. The smallest absolute Gasteiger partial charge is 0.230 e. The summed E-state index contributed by atoms with van der Waals surface area (Å²) in [6.07, 6.45) is 3.79. The van der Waals surface area contributed by atoms with E-state index in [1.807, 2.05) is 53.5 Å². The zero-order chi connectivity index (χ0) is 27.1. The van der Waals surface area contributed by atoms with Crippen LogP contribution in [0.1, 0.15) is 31.9 Å². The molecule has 0 radical (unpaired) electrons. The minimum absolute atomic E-state index is 0.0388. The second-order valence-electron chi connectivity index (χ2n) is 10.0. The van der Waals surface area contributed by atoms with Crippen molar-refractivity contribution >= 4 is 40.6 Å². The van der Waals surface area contributed by atoms with Crippen LogP contribution in [0, 0.1) is 0 Å². The predicted octanol–water partition coefficient (Wildman–Crippen LogP) is 5.47. The van der Waals surface area contributed by atoms with Gasteiger partial charge in [0.15, 0.2) is 0 Å². The van der Waals surface area contributed by atoms with Gasteiger partial charge >= 0.3 is 0 Å². The Balaban J connectivity index is 1.30. The van der Waals surface area contributed by atoms with E-state index in [2.05, 4.69) is 21.0 Å². The van der Waals surface area contributed by atoms with Gasteiger partial charge in [-0.25, -0.2) is 4.68 Å². The summed E-state index contributed by atoms with van der Waals surface area (Å²) in [5.74, 6) is 0.769. The van der Waals surface area contributed by atoms with Crippen molar-refractivity contribution in [2.45, 2.75) is 39.4 Å². The molecule has 2 aliphatic rings. The normalized spacial score (nSPS) is 15.8. The van der Waals surface area contributed by atoms with Crippen LogP contribution in [0.25, 0.3) is 22.6 Å². The van der Waals surface area contributed by atoms with Gasteiger partial charge in [-0.15, -0.1) is 0 Å². The highest BCUT2D eigenvalue weighted by atomic mass is 35.5. The maximum Gasteiger partial charge on any atom is 0.230 e. The molecule has 202 valence electrons. The second kappa shape index (κ2) is 10.6. The number of benzene rings is 1. The van der Waals surface area contributed by atoms with Gasteiger partial charge in [0, 0.05) is 43.4 Å². The monoisotopic (exact) mass is 565 g/mol. The topological polar surface area (TPSA) is 81.3 Å². The zero-order valence-corrected chi connectivity index (χ0v) is 23.4. The highest BCUT2D eigenvalue weighted by Gasteiger charge is 2.29. The molecule has 6 rings (SSSR count). The fourth-order valence-electron chi connectivity index (χ4n) is 5.21. The number of nitrogens with zero attached hydrogens (tertiary/aromatic N) is 7. The average molecular weight is 566 g/mol. The summed E-state index contributed by atoms with van der Waals surface area (Å²) < 4.78 is 9.23. The van der Waals surface area contributed by atoms with E-state index >= 15 is 0 Å². The minimum Gasteiger partial charge on any atom is -0.378 e. The SMILES string of the molecule is CC(C)n1ncc(Cl)c1-c1cc2n(n1)CCC(=O)N2Cc1ccc(-c2ncccc2N2CCOCC2)c(Cl)c1. The summed E-state index contributed by atoms with van der Waals surface area (Å²) in [5.41, 5.74) is 5.10. The van der Waals surface area contributed by atoms with Gasteiger partial charge in [-0.3, -0.25) is 19.4 Å². The summed E-state index contributed by atoms with van der Waals surface area (Å²) in [7, 11) is 0. The largest absolute Gasteiger partial charge is 0.378 e. The first-order valence-electron chi connectivity index (χ1n) is 13.1. The number of aromatic nitrogens is 5. The number of carbonyl (C=O) groups excluding carboxylic acids is 1. The Morgan fingerprint density at radius 3 is 2.64 bits per heavy atom. The minimum atomic E-state index is 0.0388. The lowest BCUT2D eigenvalue weighted by molar-refractivity contribution is -0.119. The number of aryl methyl sites for hydroxylation is 1. The number of hydrogen-bond acceptors (Lipinski definition) is 6. The molecule has 1 aromatic carbocycles. The lowest BCUT2D eigenvalue weighted by atomic mass is 10.1. The van der Waals surface area contributed by atoms with Crippen molar-refractivity contribution in [1.82, 2.24) is 24.5 Å². The number of amides is 1. The summed E-state index contributed by atoms with van der Waals surface area (Å²) in [4.78, 5) is 21.8. The molecule has 0 spiro atoms. The first-order chi connectivity index (χ1) is 18.9. The number of ether oxygens (including phenoxy) is 1. The Morgan fingerprint density at radius 1 is 1.05 bits per heavy atom. The molecule has 5 heterocycles. The predicted molar refractivity (Wildman–Crippen MR) is 152 cm³/mol. The Hall–Kier alpha value is -3.40. The van der Waals surface area contributed by atoms with Gasteiger partial charge in [-0.1, -0.05) is 35.3 Å².